The van der Waals surface area contributed by atoms with Crippen molar-refractivity contribution in [2.45, 2.75) is 18.4 Å². The first-order valence-electron chi connectivity index (χ1n) is 5.09. The van der Waals surface area contributed by atoms with Gasteiger partial charge in [0.15, 0.2) is 0 Å². The summed E-state index contributed by atoms with van der Waals surface area (Å²) in [5.41, 5.74) is -0.133. The molecule has 0 bridgehead atoms. The molecular formula is C12H18ClNO. The molecule has 84 valence electrons. The maximum atomic E-state index is 10.5. The van der Waals surface area contributed by atoms with Crippen molar-refractivity contribution in [2.75, 3.05) is 20.1 Å². The van der Waals surface area contributed by atoms with Gasteiger partial charge in [-0.15, -0.1) is 0 Å². The molecule has 0 amide bonds. The van der Waals surface area contributed by atoms with Gasteiger partial charge in [0.25, 0.3) is 0 Å². The lowest BCUT2D eigenvalue weighted by Gasteiger charge is -2.37. The van der Waals surface area contributed by atoms with E-state index in [1.807, 2.05) is 7.05 Å². The van der Waals surface area contributed by atoms with E-state index < -0.39 is 5.60 Å². The summed E-state index contributed by atoms with van der Waals surface area (Å²) >= 11 is 6.01. The van der Waals surface area contributed by atoms with Crippen molar-refractivity contribution < 1.29 is 5.11 Å². The Morgan fingerprint density at radius 2 is 1.87 bits per heavy atom. The van der Waals surface area contributed by atoms with E-state index in [-0.39, 0.29) is 0 Å². The van der Waals surface area contributed by atoms with Gasteiger partial charge in [-0.2, -0.15) is 0 Å². The van der Waals surface area contributed by atoms with Crippen molar-refractivity contribution in [3.63, 3.8) is 0 Å². The van der Waals surface area contributed by atoms with Crippen LogP contribution >= 0.6 is 11.6 Å². The van der Waals surface area contributed by atoms with Gasteiger partial charge in [-0.05, 0) is 19.9 Å². The first-order chi connectivity index (χ1) is 7.03. The van der Waals surface area contributed by atoms with Crippen LogP contribution < -0.4 is 0 Å². The molecule has 1 saturated heterocycles. The summed E-state index contributed by atoms with van der Waals surface area (Å²) in [6, 6.07) is 0. The predicted molar refractivity (Wildman–Crippen MR) is 65.0 cm³/mol. The third-order valence-electron chi connectivity index (χ3n) is 2.96. The molecular weight excluding hydrogens is 210 g/mol. The average Bonchev–Trinajstić information content (AvgIpc) is 2.23. The number of hydrogen-bond donors (Lipinski definition) is 1. The Bertz CT molecular complexity index is 288. The Labute approximate surface area is 96.5 Å². The molecule has 0 radical (unpaired) electrons. The van der Waals surface area contributed by atoms with Crippen LogP contribution in [0.2, 0.25) is 0 Å². The van der Waals surface area contributed by atoms with Crippen molar-refractivity contribution in [2.24, 2.45) is 0 Å². The molecule has 0 aromatic rings. The number of likely N-dealkylation sites (tertiary alicyclic amines) is 1. The number of allylic oxidation sites excluding steroid dienone is 2. The highest BCUT2D eigenvalue weighted by Crippen LogP contribution is 2.33. The molecule has 0 aliphatic carbocycles. The van der Waals surface area contributed by atoms with Crippen LogP contribution in [0.25, 0.3) is 0 Å². The van der Waals surface area contributed by atoms with Gasteiger partial charge in [-0.3, -0.25) is 0 Å². The molecule has 0 aromatic carbocycles. The Kier molecular flexibility index (Phi) is 4.14. The number of aliphatic hydroxyl groups is 1. The van der Waals surface area contributed by atoms with Gasteiger partial charge < -0.3 is 10.0 Å². The van der Waals surface area contributed by atoms with E-state index in [0.29, 0.717) is 23.4 Å². The van der Waals surface area contributed by atoms with E-state index in [9.17, 15) is 5.11 Å². The van der Waals surface area contributed by atoms with E-state index in [1.54, 1.807) is 12.2 Å². The Hall–Kier alpha value is -0.570. The van der Waals surface area contributed by atoms with Crippen molar-refractivity contribution in [1.82, 2.24) is 4.90 Å². The fourth-order valence-electron chi connectivity index (χ4n) is 1.88. The van der Waals surface area contributed by atoms with Crippen molar-refractivity contribution in [1.29, 1.82) is 0 Å². The standard InChI is InChI=1S/C12H18ClNO/c1-4-10(11(13)5-2)12(15)6-8-14(3)9-7-12/h4-5,15H,1-2,6-9H2,3H3/b11-10-. The third kappa shape index (κ3) is 2.71. The van der Waals surface area contributed by atoms with E-state index in [0.717, 1.165) is 13.1 Å². The summed E-state index contributed by atoms with van der Waals surface area (Å²) in [4.78, 5) is 2.19. The van der Waals surface area contributed by atoms with Crippen LogP contribution in [0.15, 0.2) is 35.9 Å². The molecule has 1 aliphatic heterocycles. The van der Waals surface area contributed by atoms with Gasteiger partial charge >= 0.3 is 0 Å². The quantitative estimate of drug-likeness (QED) is 0.748. The molecule has 1 rings (SSSR count). The summed E-state index contributed by atoms with van der Waals surface area (Å²) in [7, 11) is 2.05. The van der Waals surface area contributed by atoms with Crippen LogP contribution in [0.1, 0.15) is 12.8 Å². The molecule has 15 heavy (non-hydrogen) atoms. The molecule has 0 aromatic heterocycles. The number of halogens is 1. The number of hydrogen-bond acceptors (Lipinski definition) is 2. The van der Waals surface area contributed by atoms with Gasteiger partial charge in [0.2, 0.25) is 0 Å². The SMILES string of the molecule is C=C/C(Cl)=C(\C=C)C1(O)CCN(C)CC1. The summed E-state index contributed by atoms with van der Waals surface area (Å²) < 4.78 is 0. The predicted octanol–water partition coefficient (Wildman–Crippen LogP) is 2.31. The van der Waals surface area contributed by atoms with Crippen LogP contribution in [-0.2, 0) is 0 Å². The van der Waals surface area contributed by atoms with Gasteiger partial charge in [0.1, 0.15) is 0 Å². The molecule has 1 heterocycles. The first kappa shape index (κ1) is 12.5. The Balaban J connectivity index is 2.93. The second-order valence-corrected chi connectivity index (χ2v) is 4.41. The maximum absolute atomic E-state index is 10.5. The zero-order valence-corrected chi connectivity index (χ0v) is 9.93. The maximum Gasteiger partial charge on any atom is 0.0935 e. The minimum absolute atomic E-state index is 0.497. The molecule has 2 nitrogen and oxygen atoms in total. The fourth-order valence-corrected chi connectivity index (χ4v) is 2.13. The smallest absolute Gasteiger partial charge is 0.0935 e. The Morgan fingerprint density at radius 1 is 1.33 bits per heavy atom. The van der Waals surface area contributed by atoms with Gasteiger partial charge in [-0.25, -0.2) is 0 Å². The van der Waals surface area contributed by atoms with Crippen molar-refractivity contribution >= 4 is 11.6 Å². The zero-order valence-electron chi connectivity index (χ0n) is 9.17. The molecule has 1 aliphatic rings. The van der Waals surface area contributed by atoms with E-state index >= 15 is 0 Å². The highest BCUT2D eigenvalue weighted by Gasteiger charge is 2.34. The largest absolute Gasteiger partial charge is 0.385 e. The molecule has 1 N–H and O–H groups in total. The minimum atomic E-state index is -0.834. The summed E-state index contributed by atoms with van der Waals surface area (Å²) in [5.74, 6) is 0. The third-order valence-corrected chi connectivity index (χ3v) is 3.31. The second-order valence-electron chi connectivity index (χ2n) is 4.00. The lowest BCUT2D eigenvalue weighted by Crippen LogP contribution is -2.43. The minimum Gasteiger partial charge on any atom is -0.385 e. The molecule has 0 atom stereocenters. The molecule has 0 saturated carbocycles. The average molecular weight is 228 g/mol. The molecule has 1 fully saturated rings. The molecule has 0 unspecified atom stereocenters. The van der Waals surface area contributed by atoms with Gasteiger partial charge in [-0.1, -0.05) is 36.9 Å². The van der Waals surface area contributed by atoms with E-state index in [4.69, 9.17) is 11.6 Å². The van der Waals surface area contributed by atoms with Crippen molar-refractivity contribution in [3.05, 3.63) is 35.9 Å². The summed E-state index contributed by atoms with van der Waals surface area (Å²) in [6.45, 7) is 9.06. The monoisotopic (exact) mass is 227 g/mol. The van der Waals surface area contributed by atoms with Crippen LogP contribution in [0, 0.1) is 0 Å². The van der Waals surface area contributed by atoms with Crippen LogP contribution in [0.4, 0.5) is 0 Å². The highest BCUT2D eigenvalue weighted by molar-refractivity contribution is 6.31. The zero-order chi connectivity index (χ0) is 11.5. The fraction of sp³-hybridized carbons (Fsp3) is 0.500. The van der Waals surface area contributed by atoms with Crippen LogP contribution in [0.3, 0.4) is 0 Å². The lowest BCUT2D eigenvalue weighted by atomic mass is 9.84. The lowest BCUT2D eigenvalue weighted by molar-refractivity contribution is 0.0191. The number of piperidine rings is 1. The van der Waals surface area contributed by atoms with Crippen LogP contribution in [0.5, 0.6) is 0 Å². The van der Waals surface area contributed by atoms with Crippen molar-refractivity contribution in [3.8, 4) is 0 Å². The Morgan fingerprint density at radius 3 is 2.27 bits per heavy atom. The number of nitrogens with zero attached hydrogens (tertiary/aromatic N) is 1. The molecule has 0 spiro atoms. The number of rotatable bonds is 3. The van der Waals surface area contributed by atoms with E-state index in [1.165, 1.54) is 0 Å². The van der Waals surface area contributed by atoms with Gasteiger partial charge in [0, 0.05) is 23.7 Å². The highest BCUT2D eigenvalue weighted by atomic mass is 35.5. The summed E-state index contributed by atoms with van der Waals surface area (Å²) in [6.07, 6.45) is 4.56. The second kappa shape index (κ2) is 4.97. The first-order valence-corrected chi connectivity index (χ1v) is 5.47. The normalized spacial score (nSPS) is 23.1. The van der Waals surface area contributed by atoms with Gasteiger partial charge in [0.05, 0.1) is 5.60 Å². The topological polar surface area (TPSA) is 23.5 Å². The summed E-state index contributed by atoms with van der Waals surface area (Å²) in [5, 5.41) is 11.0. The molecule has 3 heteroatoms. The van der Waals surface area contributed by atoms with Crippen LogP contribution in [-0.4, -0.2) is 35.7 Å². The van der Waals surface area contributed by atoms with E-state index in [2.05, 4.69) is 18.1 Å².